The first kappa shape index (κ1) is 22.6. The third-order valence-electron chi connectivity index (χ3n) is 5.30. The summed E-state index contributed by atoms with van der Waals surface area (Å²) in [6, 6.07) is 12.0. The van der Waals surface area contributed by atoms with Crippen molar-refractivity contribution in [3.8, 4) is 0 Å². The number of nitrogens with zero attached hydrogens (tertiary/aromatic N) is 1. The number of fused-ring (bicyclic) bond motifs is 1. The van der Waals surface area contributed by atoms with Gasteiger partial charge in [0.05, 0.1) is 30.1 Å². The number of aromatic amines is 1. The quantitative estimate of drug-likeness (QED) is 0.485. The van der Waals surface area contributed by atoms with Crippen LogP contribution in [0.4, 0.5) is 5.69 Å². The lowest BCUT2D eigenvalue weighted by Gasteiger charge is -2.26. The van der Waals surface area contributed by atoms with Crippen molar-refractivity contribution < 1.29 is 22.7 Å². The molecule has 10 nitrogen and oxygen atoms in total. The number of para-hydroxylation sites is 1. The molecule has 3 aromatic rings. The molecular weight excluding hydrogens is 448 g/mol. The van der Waals surface area contributed by atoms with Crippen LogP contribution in [0.1, 0.15) is 15.9 Å². The Morgan fingerprint density at radius 3 is 2.55 bits per heavy atom. The van der Waals surface area contributed by atoms with E-state index >= 15 is 0 Å². The number of rotatable bonds is 6. The number of nitrogens with one attached hydrogen (secondary N) is 2. The van der Waals surface area contributed by atoms with Crippen LogP contribution in [0.3, 0.4) is 0 Å². The molecule has 0 saturated carbocycles. The number of morpholine rings is 1. The SMILES string of the molecule is NC(=O)Cc1ccccc1NC(=O)c1cc(=O)[nH]c2ccc(S(=O)(=O)N3CCOCC3)cc12. The second kappa shape index (κ2) is 9.14. The van der Waals surface area contributed by atoms with Crippen LogP contribution in [0.15, 0.2) is 58.2 Å². The Morgan fingerprint density at radius 2 is 1.82 bits per heavy atom. The number of primary amides is 1. The molecule has 0 aliphatic carbocycles. The Labute approximate surface area is 189 Å². The Hall–Kier alpha value is -3.54. The lowest BCUT2D eigenvalue weighted by atomic mass is 10.1. The van der Waals surface area contributed by atoms with Gasteiger partial charge in [-0.1, -0.05) is 18.2 Å². The van der Waals surface area contributed by atoms with Gasteiger partial charge in [-0.3, -0.25) is 14.4 Å². The zero-order valence-electron chi connectivity index (χ0n) is 17.5. The van der Waals surface area contributed by atoms with Gasteiger partial charge >= 0.3 is 0 Å². The van der Waals surface area contributed by atoms with Crippen molar-refractivity contribution in [1.82, 2.24) is 9.29 Å². The highest BCUT2D eigenvalue weighted by Crippen LogP contribution is 2.25. The summed E-state index contributed by atoms with van der Waals surface area (Å²) in [5.41, 5.74) is 5.97. The minimum atomic E-state index is -3.81. The van der Waals surface area contributed by atoms with Crippen molar-refractivity contribution in [2.45, 2.75) is 11.3 Å². The lowest BCUT2D eigenvalue weighted by Crippen LogP contribution is -2.40. The molecule has 0 atom stereocenters. The highest BCUT2D eigenvalue weighted by molar-refractivity contribution is 7.89. The summed E-state index contributed by atoms with van der Waals surface area (Å²) < 4.78 is 32.7. The maximum atomic E-state index is 13.1. The fourth-order valence-corrected chi connectivity index (χ4v) is 5.13. The summed E-state index contributed by atoms with van der Waals surface area (Å²) in [5, 5.41) is 2.97. The van der Waals surface area contributed by atoms with Crippen LogP contribution in [0.5, 0.6) is 0 Å². The standard InChI is InChI=1S/C22H22N4O6S/c23-20(27)11-14-3-1-2-4-18(14)25-22(29)17-13-21(28)24-19-6-5-15(12-16(17)19)33(30,31)26-7-9-32-10-8-26/h1-6,12-13H,7-11H2,(H2,23,27)(H,24,28)(H,25,29). The number of amides is 2. The normalized spacial score (nSPS) is 14.8. The van der Waals surface area contributed by atoms with Gasteiger partial charge in [-0.25, -0.2) is 8.42 Å². The van der Waals surface area contributed by atoms with E-state index in [1.165, 1.54) is 22.5 Å². The van der Waals surface area contributed by atoms with Crippen LogP contribution in [0, 0.1) is 0 Å². The number of carbonyl (C=O) groups is 2. The molecule has 4 rings (SSSR count). The van der Waals surface area contributed by atoms with Gasteiger partial charge in [0.1, 0.15) is 0 Å². The number of anilines is 1. The van der Waals surface area contributed by atoms with Gasteiger partial charge in [0, 0.05) is 35.7 Å². The molecule has 2 amide bonds. The molecule has 4 N–H and O–H groups in total. The van der Waals surface area contributed by atoms with E-state index in [1.54, 1.807) is 24.3 Å². The van der Waals surface area contributed by atoms with Crippen LogP contribution in [-0.2, 0) is 26.0 Å². The summed E-state index contributed by atoms with van der Waals surface area (Å²) in [6.45, 7) is 1.07. The monoisotopic (exact) mass is 470 g/mol. The van der Waals surface area contributed by atoms with E-state index in [9.17, 15) is 22.8 Å². The van der Waals surface area contributed by atoms with Crippen LogP contribution < -0.4 is 16.6 Å². The Bertz CT molecular complexity index is 1390. The van der Waals surface area contributed by atoms with Gasteiger partial charge in [-0.05, 0) is 29.8 Å². The lowest BCUT2D eigenvalue weighted by molar-refractivity contribution is -0.117. The molecule has 0 radical (unpaired) electrons. The molecule has 0 bridgehead atoms. The number of H-pyrrole nitrogens is 1. The number of pyridine rings is 1. The number of ether oxygens (including phenoxy) is 1. The van der Waals surface area contributed by atoms with E-state index in [0.717, 1.165) is 6.07 Å². The molecule has 172 valence electrons. The van der Waals surface area contributed by atoms with E-state index in [0.29, 0.717) is 30.0 Å². The van der Waals surface area contributed by atoms with Gasteiger partial charge in [0.15, 0.2) is 0 Å². The summed E-state index contributed by atoms with van der Waals surface area (Å²) in [5.74, 6) is -1.18. The maximum Gasteiger partial charge on any atom is 0.256 e. The van der Waals surface area contributed by atoms with Gasteiger partial charge in [-0.15, -0.1) is 0 Å². The molecule has 0 unspecified atom stereocenters. The predicted molar refractivity (Wildman–Crippen MR) is 121 cm³/mol. The first-order valence-electron chi connectivity index (χ1n) is 10.2. The fourth-order valence-electron chi connectivity index (χ4n) is 3.69. The molecule has 1 aliphatic heterocycles. The largest absolute Gasteiger partial charge is 0.379 e. The second-order valence-electron chi connectivity index (χ2n) is 7.53. The summed E-state index contributed by atoms with van der Waals surface area (Å²) in [6.07, 6.45) is -0.0749. The summed E-state index contributed by atoms with van der Waals surface area (Å²) >= 11 is 0. The van der Waals surface area contributed by atoms with E-state index in [-0.39, 0.29) is 35.4 Å². The van der Waals surface area contributed by atoms with Gasteiger partial charge in [0.2, 0.25) is 21.5 Å². The Kier molecular flexibility index (Phi) is 6.27. The van der Waals surface area contributed by atoms with E-state index < -0.39 is 27.4 Å². The van der Waals surface area contributed by atoms with E-state index in [4.69, 9.17) is 10.5 Å². The average Bonchev–Trinajstić information content (AvgIpc) is 2.79. The summed E-state index contributed by atoms with van der Waals surface area (Å²) in [4.78, 5) is 39.3. The van der Waals surface area contributed by atoms with Crippen molar-refractivity contribution in [3.05, 3.63) is 70.0 Å². The third kappa shape index (κ3) is 4.80. The molecule has 2 aromatic carbocycles. The molecule has 1 aliphatic rings. The van der Waals surface area contributed by atoms with Crippen molar-refractivity contribution in [2.24, 2.45) is 5.73 Å². The first-order chi connectivity index (χ1) is 15.8. The minimum Gasteiger partial charge on any atom is -0.379 e. The number of carbonyl (C=O) groups excluding carboxylic acids is 2. The third-order valence-corrected chi connectivity index (χ3v) is 7.19. The van der Waals surface area contributed by atoms with Crippen LogP contribution in [-0.4, -0.2) is 55.8 Å². The zero-order valence-corrected chi connectivity index (χ0v) is 18.4. The minimum absolute atomic E-state index is 0.00153. The van der Waals surface area contributed by atoms with Gasteiger partial charge < -0.3 is 20.8 Å². The van der Waals surface area contributed by atoms with Crippen LogP contribution >= 0.6 is 0 Å². The predicted octanol–water partition coefficient (Wildman–Crippen LogP) is 0.829. The topological polar surface area (TPSA) is 152 Å². The maximum absolute atomic E-state index is 13.1. The molecule has 2 heterocycles. The number of benzene rings is 2. The van der Waals surface area contributed by atoms with Crippen molar-refractivity contribution >= 4 is 38.4 Å². The molecule has 1 saturated heterocycles. The van der Waals surface area contributed by atoms with Crippen LogP contribution in [0.2, 0.25) is 0 Å². The van der Waals surface area contributed by atoms with E-state index in [2.05, 4.69) is 10.3 Å². The molecule has 33 heavy (non-hydrogen) atoms. The Morgan fingerprint density at radius 1 is 1.09 bits per heavy atom. The highest BCUT2D eigenvalue weighted by Gasteiger charge is 2.27. The smallest absolute Gasteiger partial charge is 0.256 e. The average molecular weight is 471 g/mol. The number of sulfonamides is 1. The summed E-state index contributed by atoms with van der Waals surface area (Å²) in [7, 11) is -3.81. The van der Waals surface area contributed by atoms with Crippen molar-refractivity contribution in [1.29, 1.82) is 0 Å². The zero-order chi connectivity index (χ0) is 23.6. The molecule has 1 fully saturated rings. The number of hydrogen-bond acceptors (Lipinski definition) is 6. The van der Waals surface area contributed by atoms with E-state index in [1.807, 2.05) is 0 Å². The molecule has 0 spiro atoms. The molecule has 1 aromatic heterocycles. The number of hydrogen-bond donors (Lipinski definition) is 3. The van der Waals surface area contributed by atoms with Crippen molar-refractivity contribution in [2.75, 3.05) is 31.6 Å². The van der Waals surface area contributed by atoms with Crippen molar-refractivity contribution in [3.63, 3.8) is 0 Å². The highest BCUT2D eigenvalue weighted by atomic mass is 32.2. The van der Waals surface area contributed by atoms with Gasteiger partial charge in [0.25, 0.3) is 5.91 Å². The van der Waals surface area contributed by atoms with Gasteiger partial charge in [-0.2, -0.15) is 4.31 Å². The second-order valence-corrected chi connectivity index (χ2v) is 9.46. The fraction of sp³-hybridized carbons (Fsp3) is 0.227. The molecular formula is C22H22N4O6S. The van der Waals surface area contributed by atoms with Crippen LogP contribution in [0.25, 0.3) is 10.9 Å². The number of nitrogens with two attached hydrogens (primary N) is 1. The Balaban J connectivity index is 1.75. The first-order valence-corrected chi connectivity index (χ1v) is 11.6. The number of aromatic nitrogens is 1. The molecule has 11 heteroatoms.